The number of rotatable bonds is 8. The van der Waals surface area contributed by atoms with Gasteiger partial charge in [-0.1, -0.05) is 54.3 Å². The van der Waals surface area contributed by atoms with E-state index in [4.69, 9.17) is 26.4 Å². The highest BCUT2D eigenvalue weighted by Crippen LogP contribution is 2.37. The van der Waals surface area contributed by atoms with Crippen LogP contribution in [0.3, 0.4) is 0 Å². The number of anilines is 1. The van der Waals surface area contributed by atoms with Crippen molar-refractivity contribution in [2.45, 2.75) is 13.8 Å². The minimum absolute atomic E-state index is 0.135. The molecule has 1 amide bonds. The van der Waals surface area contributed by atoms with Gasteiger partial charge in [-0.3, -0.25) is 9.69 Å². The number of amides is 1. The lowest BCUT2D eigenvalue weighted by Gasteiger charge is -2.14. The zero-order chi connectivity index (χ0) is 24.1. The first-order valence-electron chi connectivity index (χ1n) is 10.8. The van der Waals surface area contributed by atoms with Crippen LogP contribution in [0.1, 0.15) is 16.7 Å². The van der Waals surface area contributed by atoms with Gasteiger partial charge in [0.25, 0.3) is 5.91 Å². The van der Waals surface area contributed by atoms with Crippen LogP contribution in [0.2, 0.25) is 0 Å². The number of hydrogen-bond donors (Lipinski definition) is 0. The molecule has 0 bridgehead atoms. The van der Waals surface area contributed by atoms with Crippen LogP contribution in [-0.2, 0) is 4.79 Å². The van der Waals surface area contributed by atoms with Gasteiger partial charge in [-0.05, 0) is 73.0 Å². The quantitative estimate of drug-likeness (QED) is 0.213. The number of hydrogen-bond acceptors (Lipinski definition) is 6. The molecule has 7 heteroatoms. The molecule has 3 aromatic carbocycles. The second kappa shape index (κ2) is 10.8. The zero-order valence-electron chi connectivity index (χ0n) is 19.2. The van der Waals surface area contributed by atoms with E-state index in [0.29, 0.717) is 33.9 Å². The van der Waals surface area contributed by atoms with Gasteiger partial charge in [0.1, 0.15) is 19.0 Å². The molecular formula is C27H25NO4S2. The van der Waals surface area contributed by atoms with Crippen molar-refractivity contribution in [3.05, 3.63) is 88.3 Å². The van der Waals surface area contributed by atoms with E-state index in [9.17, 15) is 4.79 Å². The van der Waals surface area contributed by atoms with Gasteiger partial charge in [-0.2, -0.15) is 0 Å². The molecule has 4 rings (SSSR count). The number of para-hydroxylation sites is 1. The Labute approximate surface area is 209 Å². The highest BCUT2D eigenvalue weighted by atomic mass is 32.2. The van der Waals surface area contributed by atoms with E-state index < -0.39 is 0 Å². The van der Waals surface area contributed by atoms with Gasteiger partial charge >= 0.3 is 0 Å². The number of carbonyl (C=O) groups is 1. The molecular weight excluding hydrogens is 466 g/mol. The fourth-order valence-electron chi connectivity index (χ4n) is 3.64. The van der Waals surface area contributed by atoms with Gasteiger partial charge in [0.2, 0.25) is 0 Å². The summed E-state index contributed by atoms with van der Waals surface area (Å²) in [5, 5.41) is 0. The van der Waals surface area contributed by atoms with E-state index in [1.54, 1.807) is 12.0 Å². The van der Waals surface area contributed by atoms with Crippen molar-refractivity contribution in [3.63, 3.8) is 0 Å². The Balaban J connectivity index is 1.41. The molecule has 34 heavy (non-hydrogen) atoms. The van der Waals surface area contributed by atoms with Crippen molar-refractivity contribution in [1.82, 2.24) is 0 Å². The zero-order valence-corrected chi connectivity index (χ0v) is 20.9. The van der Waals surface area contributed by atoms with Crippen LogP contribution in [-0.4, -0.2) is 30.6 Å². The Kier molecular flexibility index (Phi) is 7.55. The van der Waals surface area contributed by atoms with Crippen LogP contribution in [0.5, 0.6) is 17.2 Å². The van der Waals surface area contributed by atoms with E-state index in [1.165, 1.54) is 11.8 Å². The summed E-state index contributed by atoms with van der Waals surface area (Å²) >= 11 is 6.73. The smallest absolute Gasteiger partial charge is 0.270 e. The summed E-state index contributed by atoms with van der Waals surface area (Å²) in [6.45, 7) is 4.87. The number of carbonyl (C=O) groups excluding carboxylic acids is 1. The minimum Gasteiger partial charge on any atom is -0.493 e. The molecule has 0 N–H and O–H groups in total. The summed E-state index contributed by atoms with van der Waals surface area (Å²) in [7, 11) is 1.59. The fourth-order valence-corrected chi connectivity index (χ4v) is 4.94. The fraction of sp³-hybridized carbons (Fsp3) is 0.185. The molecule has 5 nitrogen and oxygen atoms in total. The third-order valence-corrected chi connectivity index (χ3v) is 6.40. The van der Waals surface area contributed by atoms with Crippen LogP contribution in [0.15, 0.2) is 71.6 Å². The van der Waals surface area contributed by atoms with E-state index >= 15 is 0 Å². The van der Waals surface area contributed by atoms with Crippen LogP contribution < -0.4 is 19.1 Å². The first kappa shape index (κ1) is 23.9. The lowest BCUT2D eigenvalue weighted by Crippen LogP contribution is -2.27. The molecule has 0 atom stereocenters. The molecule has 0 saturated carbocycles. The van der Waals surface area contributed by atoms with Gasteiger partial charge in [0.15, 0.2) is 15.8 Å². The topological polar surface area (TPSA) is 48.0 Å². The number of nitrogens with zero attached hydrogens (tertiary/aromatic N) is 1. The first-order chi connectivity index (χ1) is 16.4. The monoisotopic (exact) mass is 491 g/mol. The molecule has 1 saturated heterocycles. The van der Waals surface area contributed by atoms with Crippen molar-refractivity contribution in [3.8, 4) is 17.2 Å². The Morgan fingerprint density at radius 1 is 0.912 bits per heavy atom. The molecule has 1 fully saturated rings. The maximum Gasteiger partial charge on any atom is 0.270 e. The summed E-state index contributed by atoms with van der Waals surface area (Å²) in [5.41, 5.74) is 3.91. The van der Waals surface area contributed by atoms with Crippen molar-refractivity contribution in [1.29, 1.82) is 0 Å². The second-order valence-electron chi connectivity index (χ2n) is 7.78. The molecule has 174 valence electrons. The number of thioether (sulfide) groups is 1. The Morgan fingerprint density at radius 3 is 2.32 bits per heavy atom. The molecule has 1 aliphatic rings. The Hall–Kier alpha value is -3.29. The second-order valence-corrected chi connectivity index (χ2v) is 9.46. The van der Waals surface area contributed by atoms with E-state index in [1.807, 2.05) is 80.6 Å². The largest absolute Gasteiger partial charge is 0.493 e. The minimum atomic E-state index is -0.135. The number of benzene rings is 3. The SMILES string of the molecule is COc1cc(/C=C2\SC(=S)N(c3ccccc3)C2=O)ccc1OCCOc1cc(C)cc(C)c1. The van der Waals surface area contributed by atoms with Gasteiger partial charge in [-0.25, -0.2) is 0 Å². The normalized spacial score (nSPS) is 14.6. The lowest BCUT2D eigenvalue weighted by molar-refractivity contribution is -0.113. The Bertz CT molecular complexity index is 1220. The van der Waals surface area contributed by atoms with Crippen LogP contribution in [0, 0.1) is 13.8 Å². The van der Waals surface area contributed by atoms with Crippen LogP contribution in [0.4, 0.5) is 5.69 Å². The maximum atomic E-state index is 13.0. The number of ether oxygens (including phenoxy) is 3. The third-order valence-electron chi connectivity index (χ3n) is 5.10. The summed E-state index contributed by atoms with van der Waals surface area (Å²) in [6, 6.07) is 21.1. The van der Waals surface area contributed by atoms with Gasteiger partial charge < -0.3 is 14.2 Å². The van der Waals surface area contributed by atoms with Crippen molar-refractivity contribution >= 4 is 46.0 Å². The predicted molar refractivity (Wildman–Crippen MR) is 142 cm³/mol. The highest BCUT2D eigenvalue weighted by Gasteiger charge is 2.33. The van der Waals surface area contributed by atoms with E-state index in [-0.39, 0.29) is 5.91 Å². The number of aryl methyl sites for hydroxylation is 2. The van der Waals surface area contributed by atoms with Gasteiger partial charge in [-0.15, -0.1) is 0 Å². The average Bonchev–Trinajstić information content (AvgIpc) is 3.09. The molecule has 0 aliphatic carbocycles. The molecule has 1 aliphatic heterocycles. The van der Waals surface area contributed by atoms with Crippen LogP contribution in [0.25, 0.3) is 6.08 Å². The van der Waals surface area contributed by atoms with E-state index in [0.717, 1.165) is 28.1 Å². The molecule has 0 aromatic heterocycles. The number of thiocarbonyl (C=S) groups is 1. The molecule has 1 heterocycles. The maximum absolute atomic E-state index is 13.0. The van der Waals surface area contributed by atoms with Gasteiger partial charge in [0.05, 0.1) is 17.7 Å². The molecule has 3 aromatic rings. The van der Waals surface area contributed by atoms with Crippen molar-refractivity contribution in [2.75, 3.05) is 25.2 Å². The molecule has 0 spiro atoms. The average molecular weight is 492 g/mol. The summed E-state index contributed by atoms with van der Waals surface area (Å²) < 4.78 is 17.7. The van der Waals surface area contributed by atoms with Crippen molar-refractivity contribution < 1.29 is 19.0 Å². The predicted octanol–water partition coefficient (Wildman–Crippen LogP) is 6.18. The number of methoxy groups -OCH3 is 1. The van der Waals surface area contributed by atoms with Crippen molar-refractivity contribution in [2.24, 2.45) is 0 Å². The standard InChI is InChI=1S/C27H25NO4S2/c1-18-13-19(2)15-22(14-18)31-11-12-32-23-10-9-20(16-24(23)30-3)17-25-26(29)28(27(33)34-25)21-7-5-4-6-8-21/h4-10,13-17H,11-12H2,1-3H3/b25-17-. The van der Waals surface area contributed by atoms with Gasteiger partial charge in [0, 0.05) is 0 Å². The molecule has 0 radical (unpaired) electrons. The third kappa shape index (κ3) is 5.61. The summed E-state index contributed by atoms with van der Waals surface area (Å²) in [5.74, 6) is 1.89. The highest BCUT2D eigenvalue weighted by molar-refractivity contribution is 8.27. The first-order valence-corrected chi connectivity index (χ1v) is 12.0. The Morgan fingerprint density at radius 2 is 1.62 bits per heavy atom. The van der Waals surface area contributed by atoms with E-state index in [2.05, 4.69) is 6.07 Å². The molecule has 0 unspecified atom stereocenters. The van der Waals surface area contributed by atoms with Crippen LogP contribution >= 0.6 is 24.0 Å². The summed E-state index contributed by atoms with van der Waals surface area (Å²) in [4.78, 5) is 15.1. The summed E-state index contributed by atoms with van der Waals surface area (Å²) in [6.07, 6.45) is 1.82. The lowest BCUT2D eigenvalue weighted by atomic mass is 10.1.